The van der Waals surface area contributed by atoms with Crippen molar-refractivity contribution in [3.8, 4) is 0 Å². The molecule has 0 spiro atoms. The second kappa shape index (κ2) is 10.0. The van der Waals surface area contributed by atoms with E-state index in [0.29, 0.717) is 0 Å². The topological polar surface area (TPSA) is 0 Å². The zero-order valence-corrected chi connectivity index (χ0v) is 8.10. The average Bonchev–Trinajstić information content (AvgIpc) is 2.03. The molecule has 0 aliphatic heterocycles. The minimum absolute atomic E-state index is 1.22. The van der Waals surface area contributed by atoms with Crippen molar-refractivity contribution >= 4 is 0 Å². The molecule has 0 aliphatic rings. The van der Waals surface area contributed by atoms with Crippen LogP contribution in [0.5, 0.6) is 0 Å². The minimum atomic E-state index is 1.22. The Bertz CT molecular complexity index is 49.1. The van der Waals surface area contributed by atoms with Crippen LogP contribution in [0, 0.1) is 12.8 Å². The van der Waals surface area contributed by atoms with Crippen molar-refractivity contribution in [3.05, 3.63) is 12.8 Å². The van der Waals surface area contributed by atoms with Crippen molar-refractivity contribution in [1.29, 1.82) is 0 Å². The summed E-state index contributed by atoms with van der Waals surface area (Å²) in [5, 5.41) is 0. The lowest BCUT2D eigenvalue weighted by molar-refractivity contribution is 0.729. The molecule has 11 heavy (non-hydrogen) atoms. The molecule has 0 fully saturated rings. The van der Waals surface area contributed by atoms with Gasteiger partial charge in [-0.1, -0.05) is 52.4 Å². The molecule has 0 saturated carbocycles. The van der Waals surface area contributed by atoms with Gasteiger partial charge in [-0.05, 0) is 19.3 Å². The minimum Gasteiger partial charge on any atom is -0.0654 e. The van der Waals surface area contributed by atoms with Gasteiger partial charge in [0, 0.05) is 0 Å². The van der Waals surface area contributed by atoms with E-state index in [1.165, 1.54) is 44.9 Å². The Balaban J connectivity index is 2.69. The van der Waals surface area contributed by atoms with E-state index in [1.807, 2.05) is 0 Å². The van der Waals surface area contributed by atoms with Crippen molar-refractivity contribution in [2.24, 2.45) is 0 Å². The molecule has 0 N–H and O–H groups in total. The van der Waals surface area contributed by atoms with Gasteiger partial charge in [0.25, 0.3) is 0 Å². The fraction of sp³-hybridized carbons (Fsp3) is 0.818. The molecule has 0 saturated heterocycles. The van der Waals surface area contributed by atoms with E-state index in [1.54, 1.807) is 0 Å². The van der Waals surface area contributed by atoms with E-state index in [-0.39, 0.29) is 0 Å². The maximum absolute atomic E-state index is 2.40. The van der Waals surface area contributed by atoms with E-state index >= 15 is 0 Å². The Labute approximate surface area is 72.4 Å². The highest BCUT2D eigenvalue weighted by atomic mass is 13.9. The predicted octanol–water partition coefficient (Wildman–Crippen LogP) is 4.17. The maximum Gasteiger partial charge on any atom is -0.0383 e. The summed E-state index contributed by atoms with van der Waals surface area (Å²) in [6, 6.07) is 0. The van der Waals surface area contributed by atoms with E-state index in [2.05, 4.69) is 26.7 Å². The lowest BCUT2D eigenvalue weighted by Crippen LogP contribution is -1.81. The Morgan fingerprint density at radius 1 is 0.818 bits per heavy atom. The third-order valence-electron chi connectivity index (χ3n) is 1.86. The van der Waals surface area contributed by atoms with Crippen LogP contribution in [0.3, 0.4) is 0 Å². The molecule has 0 amide bonds. The van der Waals surface area contributed by atoms with Gasteiger partial charge in [-0.25, -0.2) is 0 Å². The summed E-state index contributed by atoms with van der Waals surface area (Å²) >= 11 is 0. The first-order valence-corrected chi connectivity index (χ1v) is 5.05. The Hall–Kier alpha value is 0. The normalized spacial score (nSPS) is 10.4. The average molecular weight is 154 g/mol. The third-order valence-corrected chi connectivity index (χ3v) is 1.86. The summed E-state index contributed by atoms with van der Waals surface area (Å²) in [5.41, 5.74) is 0. The van der Waals surface area contributed by atoms with Crippen LogP contribution in [0.15, 0.2) is 0 Å². The largest absolute Gasteiger partial charge is 0.0654 e. The molecule has 0 bridgehead atoms. The van der Waals surface area contributed by atoms with Crippen molar-refractivity contribution in [1.82, 2.24) is 0 Å². The Kier molecular flexibility index (Phi) is 10.0. The van der Waals surface area contributed by atoms with Gasteiger partial charge in [0.15, 0.2) is 0 Å². The molecule has 0 heteroatoms. The molecule has 0 rings (SSSR count). The van der Waals surface area contributed by atoms with Gasteiger partial charge in [-0.15, -0.1) is 0 Å². The summed E-state index contributed by atoms with van der Waals surface area (Å²) in [6.07, 6.45) is 14.0. The monoisotopic (exact) mass is 154 g/mol. The fourth-order valence-electron chi connectivity index (χ4n) is 1.05. The first-order chi connectivity index (χ1) is 5.41. The smallest absolute Gasteiger partial charge is 0.0383 e. The van der Waals surface area contributed by atoms with Gasteiger partial charge < -0.3 is 0 Å². The Morgan fingerprint density at radius 2 is 1.27 bits per heavy atom. The van der Waals surface area contributed by atoms with Crippen LogP contribution in [0.2, 0.25) is 0 Å². The van der Waals surface area contributed by atoms with E-state index in [9.17, 15) is 0 Å². The van der Waals surface area contributed by atoms with Crippen LogP contribution in [0.4, 0.5) is 0 Å². The molecule has 0 nitrogen and oxygen atoms in total. The molecule has 0 atom stereocenters. The van der Waals surface area contributed by atoms with Crippen LogP contribution in [0.1, 0.15) is 58.8 Å². The van der Waals surface area contributed by atoms with Crippen molar-refractivity contribution in [2.45, 2.75) is 58.8 Å². The first-order valence-electron chi connectivity index (χ1n) is 5.05. The summed E-state index contributed by atoms with van der Waals surface area (Å²) in [6.45, 7) is 4.49. The van der Waals surface area contributed by atoms with Crippen molar-refractivity contribution < 1.29 is 0 Å². The number of unbranched alkanes of at least 4 members (excludes halogenated alkanes) is 8. The summed E-state index contributed by atoms with van der Waals surface area (Å²) in [7, 11) is 0. The maximum atomic E-state index is 2.40. The van der Waals surface area contributed by atoms with E-state index < -0.39 is 0 Å². The highest BCUT2D eigenvalue weighted by molar-refractivity contribution is 4.75. The zero-order chi connectivity index (χ0) is 8.36. The molecule has 66 valence electrons. The SMILES string of the molecule is CCCC[CH]C[CH]CCCC. The number of rotatable bonds is 8. The standard InChI is InChI=1S/C11H22/c1-3-5-7-9-11-10-8-6-4-2/h9-10H,3-8,11H2,1-2H3. The lowest BCUT2D eigenvalue weighted by Gasteiger charge is -1.98. The summed E-state index contributed by atoms with van der Waals surface area (Å²) in [4.78, 5) is 0. The van der Waals surface area contributed by atoms with Crippen LogP contribution in [-0.2, 0) is 0 Å². The molecular weight excluding hydrogens is 132 g/mol. The molecule has 2 radical (unpaired) electrons. The Morgan fingerprint density at radius 3 is 1.64 bits per heavy atom. The molecule has 0 unspecified atom stereocenters. The van der Waals surface area contributed by atoms with Gasteiger partial charge >= 0.3 is 0 Å². The fourth-order valence-corrected chi connectivity index (χ4v) is 1.05. The highest BCUT2D eigenvalue weighted by Gasteiger charge is 1.89. The second-order valence-corrected chi connectivity index (χ2v) is 3.10. The van der Waals surface area contributed by atoms with E-state index in [0.717, 1.165) is 0 Å². The van der Waals surface area contributed by atoms with Crippen LogP contribution in [-0.4, -0.2) is 0 Å². The zero-order valence-electron chi connectivity index (χ0n) is 8.10. The molecule has 0 aliphatic carbocycles. The number of hydrogen-bond acceptors (Lipinski definition) is 0. The van der Waals surface area contributed by atoms with Gasteiger partial charge in [-0.3, -0.25) is 0 Å². The van der Waals surface area contributed by atoms with Gasteiger partial charge in [0.05, 0.1) is 0 Å². The highest BCUT2D eigenvalue weighted by Crippen LogP contribution is 2.06. The molecule has 0 heterocycles. The lowest BCUT2D eigenvalue weighted by atomic mass is 10.1. The predicted molar refractivity (Wildman–Crippen MR) is 52.3 cm³/mol. The van der Waals surface area contributed by atoms with Crippen molar-refractivity contribution in [2.75, 3.05) is 0 Å². The molecule has 0 aromatic rings. The molecule has 0 aromatic carbocycles. The molecular formula is C11H22. The van der Waals surface area contributed by atoms with Gasteiger partial charge in [0.1, 0.15) is 0 Å². The first kappa shape index (κ1) is 11.0. The van der Waals surface area contributed by atoms with Gasteiger partial charge in [-0.2, -0.15) is 0 Å². The third kappa shape index (κ3) is 10.0. The van der Waals surface area contributed by atoms with Crippen molar-refractivity contribution in [3.63, 3.8) is 0 Å². The number of hydrogen-bond donors (Lipinski definition) is 0. The van der Waals surface area contributed by atoms with E-state index in [4.69, 9.17) is 0 Å². The van der Waals surface area contributed by atoms with Gasteiger partial charge in [0.2, 0.25) is 0 Å². The van der Waals surface area contributed by atoms with Crippen LogP contribution >= 0.6 is 0 Å². The summed E-state index contributed by atoms with van der Waals surface area (Å²) < 4.78 is 0. The summed E-state index contributed by atoms with van der Waals surface area (Å²) in [5.74, 6) is 0. The quantitative estimate of drug-likeness (QED) is 0.460. The molecule has 0 aromatic heterocycles. The van der Waals surface area contributed by atoms with Crippen LogP contribution < -0.4 is 0 Å². The van der Waals surface area contributed by atoms with Crippen LogP contribution in [0.25, 0.3) is 0 Å². The second-order valence-electron chi connectivity index (χ2n) is 3.10.